The first-order valence-corrected chi connectivity index (χ1v) is 12.2. The Morgan fingerprint density at radius 1 is 0.879 bits per heavy atom. The molecule has 2 N–H and O–H groups in total. The van der Waals surface area contributed by atoms with E-state index in [4.69, 9.17) is 0 Å². The molecule has 33 heavy (non-hydrogen) atoms. The van der Waals surface area contributed by atoms with Gasteiger partial charge in [-0.05, 0) is 23.5 Å². The van der Waals surface area contributed by atoms with Crippen molar-refractivity contribution in [3.05, 3.63) is 71.8 Å². The largest absolute Gasteiger partial charge is 0.354 e. The lowest BCUT2D eigenvalue weighted by molar-refractivity contribution is -0.124. The van der Waals surface area contributed by atoms with E-state index in [2.05, 4.69) is 64.1 Å². The molecule has 6 nitrogen and oxygen atoms in total. The molecule has 0 spiro atoms. The van der Waals surface area contributed by atoms with Gasteiger partial charge in [-0.3, -0.25) is 9.69 Å². The average Bonchev–Trinajstić information content (AvgIpc) is 2.87. The number of piperazine rings is 1. The third-order valence-corrected chi connectivity index (χ3v) is 6.52. The van der Waals surface area contributed by atoms with E-state index in [0.29, 0.717) is 19.6 Å². The van der Waals surface area contributed by atoms with Crippen LogP contribution in [-0.4, -0.2) is 60.5 Å². The number of hydrogen-bond acceptors (Lipinski definition) is 3. The van der Waals surface area contributed by atoms with Crippen molar-refractivity contribution in [2.45, 2.75) is 45.7 Å². The molecular weight excluding hydrogens is 412 g/mol. The van der Waals surface area contributed by atoms with E-state index in [1.165, 1.54) is 11.1 Å². The molecule has 1 saturated heterocycles. The first kappa shape index (κ1) is 24.8. The van der Waals surface area contributed by atoms with E-state index < -0.39 is 6.04 Å². The van der Waals surface area contributed by atoms with Gasteiger partial charge in [-0.15, -0.1) is 0 Å². The summed E-state index contributed by atoms with van der Waals surface area (Å²) in [6.45, 7) is 9.52. The Balaban J connectivity index is 1.66. The highest BCUT2D eigenvalue weighted by molar-refractivity contribution is 5.87. The van der Waals surface area contributed by atoms with E-state index in [-0.39, 0.29) is 23.9 Å². The molecule has 0 saturated carbocycles. The highest BCUT2D eigenvalue weighted by Crippen LogP contribution is 2.29. The van der Waals surface area contributed by atoms with Crippen molar-refractivity contribution in [3.63, 3.8) is 0 Å². The Bertz CT molecular complexity index is 827. The molecule has 1 fully saturated rings. The van der Waals surface area contributed by atoms with E-state index in [1.807, 2.05) is 37.8 Å². The summed E-state index contributed by atoms with van der Waals surface area (Å²) in [5.74, 6) is -0.0148. The van der Waals surface area contributed by atoms with Crippen LogP contribution >= 0.6 is 0 Å². The number of nitrogens with one attached hydrogen (secondary N) is 2. The molecule has 1 heterocycles. The van der Waals surface area contributed by atoms with Crippen LogP contribution in [0.1, 0.15) is 50.8 Å². The van der Waals surface area contributed by atoms with Crippen LogP contribution < -0.4 is 10.6 Å². The van der Waals surface area contributed by atoms with Gasteiger partial charge in [0.25, 0.3) is 0 Å². The van der Waals surface area contributed by atoms with Crippen LogP contribution in [0.4, 0.5) is 4.79 Å². The quantitative estimate of drug-likeness (QED) is 0.606. The summed E-state index contributed by atoms with van der Waals surface area (Å²) in [7, 11) is 0. The molecule has 0 aliphatic carbocycles. The van der Waals surface area contributed by atoms with Crippen molar-refractivity contribution >= 4 is 11.9 Å². The minimum atomic E-state index is -0.506. The highest BCUT2D eigenvalue weighted by Gasteiger charge is 2.31. The average molecular weight is 451 g/mol. The number of nitrogens with zero attached hydrogens (tertiary/aromatic N) is 2. The minimum absolute atomic E-state index is 0.0765. The molecule has 0 radical (unpaired) electrons. The van der Waals surface area contributed by atoms with Gasteiger partial charge in [-0.25, -0.2) is 4.79 Å². The first-order chi connectivity index (χ1) is 16.0. The lowest BCUT2D eigenvalue weighted by Crippen LogP contribution is -2.57. The Kier molecular flexibility index (Phi) is 9.31. The van der Waals surface area contributed by atoms with Crippen LogP contribution in [0.5, 0.6) is 0 Å². The van der Waals surface area contributed by atoms with Crippen molar-refractivity contribution in [2.24, 2.45) is 5.92 Å². The maximum Gasteiger partial charge on any atom is 0.318 e. The van der Waals surface area contributed by atoms with Gasteiger partial charge in [-0.2, -0.15) is 0 Å². The third kappa shape index (κ3) is 6.57. The lowest BCUT2D eigenvalue weighted by Gasteiger charge is -2.40. The second kappa shape index (κ2) is 12.4. The van der Waals surface area contributed by atoms with Gasteiger partial charge >= 0.3 is 6.03 Å². The minimum Gasteiger partial charge on any atom is -0.354 e. The molecule has 0 bridgehead atoms. The van der Waals surface area contributed by atoms with Gasteiger partial charge < -0.3 is 15.5 Å². The predicted octanol–water partition coefficient (Wildman–Crippen LogP) is 4.04. The fourth-order valence-corrected chi connectivity index (χ4v) is 4.35. The summed E-state index contributed by atoms with van der Waals surface area (Å²) in [6, 6.07) is 20.6. The molecule has 0 aromatic heterocycles. The van der Waals surface area contributed by atoms with Gasteiger partial charge in [0.15, 0.2) is 0 Å². The Labute approximate surface area is 198 Å². The van der Waals surface area contributed by atoms with E-state index in [0.717, 1.165) is 25.9 Å². The highest BCUT2D eigenvalue weighted by atomic mass is 16.2. The molecule has 178 valence electrons. The van der Waals surface area contributed by atoms with Crippen molar-refractivity contribution in [1.82, 2.24) is 20.4 Å². The number of rotatable bonds is 9. The second-order valence-corrected chi connectivity index (χ2v) is 8.85. The van der Waals surface area contributed by atoms with Gasteiger partial charge in [0.1, 0.15) is 6.04 Å². The maximum absolute atomic E-state index is 13.0. The smallest absolute Gasteiger partial charge is 0.318 e. The number of hydrogen-bond donors (Lipinski definition) is 2. The summed E-state index contributed by atoms with van der Waals surface area (Å²) in [5.41, 5.74) is 2.51. The normalized spacial score (nSPS) is 16.3. The van der Waals surface area contributed by atoms with Gasteiger partial charge in [0, 0.05) is 32.7 Å². The molecule has 2 aromatic rings. The third-order valence-electron chi connectivity index (χ3n) is 6.52. The van der Waals surface area contributed by atoms with E-state index in [9.17, 15) is 9.59 Å². The fourth-order valence-electron chi connectivity index (χ4n) is 4.35. The van der Waals surface area contributed by atoms with Crippen molar-refractivity contribution in [2.75, 3.05) is 32.7 Å². The Morgan fingerprint density at radius 2 is 1.42 bits per heavy atom. The molecule has 1 aliphatic heterocycles. The molecule has 1 unspecified atom stereocenters. The van der Waals surface area contributed by atoms with Gasteiger partial charge in [-0.1, -0.05) is 87.9 Å². The van der Waals surface area contributed by atoms with Crippen LogP contribution in [0, 0.1) is 5.92 Å². The predicted molar refractivity (Wildman–Crippen MR) is 133 cm³/mol. The van der Waals surface area contributed by atoms with Crippen LogP contribution in [0.3, 0.4) is 0 Å². The Hall–Kier alpha value is -2.86. The zero-order chi connectivity index (χ0) is 23.6. The van der Waals surface area contributed by atoms with Crippen LogP contribution in [0.15, 0.2) is 60.7 Å². The molecule has 1 aliphatic rings. The second-order valence-electron chi connectivity index (χ2n) is 8.85. The van der Waals surface area contributed by atoms with Gasteiger partial charge in [0.05, 0.1) is 6.04 Å². The fraction of sp³-hybridized carbons (Fsp3) is 0.481. The maximum atomic E-state index is 13.0. The Morgan fingerprint density at radius 3 is 1.91 bits per heavy atom. The van der Waals surface area contributed by atoms with Gasteiger partial charge in [0.2, 0.25) is 5.91 Å². The van der Waals surface area contributed by atoms with Crippen LogP contribution in [0.2, 0.25) is 0 Å². The molecule has 2 atom stereocenters. The SMILES string of the molecule is CCCNC(=O)[C@@H](NC(=O)N1CCN(C(c2ccccc2)c2ccccc2)CC1)C(C)CC. The van der Waals surface area contributed by atoms with E-state index >= 15 is 0 Å². The number of urea groups is 1. The standard InChI is InChI=1S/C27H38N4O2/c1-4-16-28-26(32)24(21(3)5-2)29-27(33)31-19-17-30(18-20-31)25(22-12-8-6-9-13-22)23-14-10-7-11-15-23/h6-15,21,24-25H,4-5,16-20H2,1-3H3,(H,28,32)(H,29,33)/t21?,24-/m0/s1. The molecular formula is C27H38N4O2. The zero-order valence-corrected chi connectivity index (χ0v) is 20.2. The van der Waals surface area contributed by atoms with Crippen LogP contribution in [0.25, 0.3) is 0 Å². The zero-order valence-electron chi connectivity index (χ0n) is 20.2. The summed E-state index contributed by atoms with van der Waals surface area (Å²) in [6.07, 6.45) is 1.70. The van der Waals surface area contributed by atoms with Crippen molar-refractivity contribution in [3.8, 4) is 0 Å². The van der Waals surface area contributed by atoms with E-state index in [1.54, 1.807) is 0 Å². The topological polar surface area (TPSA) is 64.7 Å². The molecule has 6 heteroatoms. The summed E-state index contributed by atoms with van der Waals surface area (Å²) in [4.78, 5) is 29.9. The lowest BCUT2D eigenvalue weighted by atomic mass is 9.96. The van der Waals surface area contributed by atoms with Crippen LogP contribution in [-0.2, 0) is 4.79 Å². The van der Waals surface area contributed by atoms with Crippen molar-refractivity contribution < 1.29 is 9.59 Å². The monoisotopic (exact) mass is 450 g/mol. The number of carbonyl (C=O) groups excluding carboxylic acids is 2. The summed E-state index contributed by atoms with van der Waals surface area (Å²) < 4.78 is 0. The molecule has 2 aromatic carbocycles. The summed E-state index contributed by atoms with van der Waals surface area (Å²) >= 11 is 0. The number of benzene rings is 2. The first-order valence-electron chi connectivity index (χ1n) is 12.2. The number of amides is 3. The number of carbonyl (C=O) groups is 2. The molecule has 3 amide bonds. The van der Waals surface area contributed by atoms with Crippen molar-refractivity contribution in [1.29, 1.82) is 0 Å². The molecule has 3 rings (SSSR count). The summed E-state index contributed by atoms with van der Waals surface area (Å²) in [5, 5.41) is 5.94.